The summed E-state index contributed by atoms with van der Waals surface area (Å²) in [5, 5.41) is 9.68. The maximum absolute atomic E-state index is 9.32. The third kappa shape index (κ3) is 5.57. The number of benzene rings is 1. The molecule has 1 N–H and O–H groups in total. The minimum absolute atomic E-state index is 0.283. The SMILES string of the molecule is CCCCCCC(CO)Sc1ccccc1. The zero-order valence-electron chi connectivity index (χ0n) is 10.1. The maximum atomic E-state index is 9.32. The molecular formula is C14H22OS. The van der Waals surface area contributed by atoms with Crippen molar-refractivity contribution in [2.75, 3.05) is 6.61 Å². The molecule has 0 spiro atoms. The Labute approximate surface area is 103 Å². The van der Waals surface area contributed by atoms with Gasteiger partial charge in [0.2, 0.25) is 0 Å². The number of thioether (sulfide) groups is 1. The smallest absolute Gasteiger partial charge is 0.0553 e. The van der Waals surface area contributed by atoms with Gasteiger partial charge in [-0.2, -0.15) is 0 Å². The molecule has 1 unspecified atom stereocenters. The van der Waals surface area contributed by atoms with E-state index in [0.717, 1.165) is 6.42 Å². The summed E-state index contributed by atoms with van der Waals surface area (Å²) in [4.78, 5) is 1.26. The lowest BCUT2D eigenvalue weighted by atomic mass is 10.1. The van der Waals surface area contributed by atoms with Crippen LogP contribution in [0.5, 0.6) is 0 Å². The molecule has 0 aliphatic rings. The van der Waals surface area contributed by atoms with Crippen LogP contribution in [0.3, 0.4) is 0 Å². The summed E-state index contributed by atoms with van der Waals surface area (Å²) in [6.07, 6.45) is 6.24. The standard InChI is InChI=1S/C14H22OS/c1-2-3-4-6-11-14(12-15)16-13-9-7-5-8-10-13/h5,7-10,14-15H,2-4,6,11-12H2,1H3. The first-order chi connectivity index (χ1) is 7.86. The fraction of sp³-hybridized carbons (Fsp3) is 0.571. The van der Waals surface area contributed by atoms with Crippen molar-refractivity contribution in [1.82, 2.24) is 0 Å². The molecule has 1 atom stereocenters. The molecule has 0 radical (unpaired) electrons. The molecule has 0 fully saturated rings. The van der Waals surface area contributed by atoms with E-state index in [4.69, 9.17) is 0 Å². The lowest BCUT2D eigenvalue weighted by Gasteiger charge is -2.13. The Bertz CT molecular complexity index is 261. The largest absolute Gasteiger partial charge is 0.395 e. The van der Waals surface area contributed by atoms with Gasteiger partial charge in [-0.25, -0.2) is 0 Å². The van der Waals surface area contributed by atoms with E-state index in [-0.39, 0.29) is 6.61 Å². The van der Waals surface area contributed by atoms with Crippen LogP contribution < -0.4 is 0 Å². The van der Waals surface area contributed by atoms with Gasteiger partial charge >= 0.3 is 0 Å². The van der Waals surface area contributed by atoms with Crippen molar-refractivity contribution in [3.63, 3.8) is 0 Å². The summed E-state index contributed by atoms with van der Waals surface area (Å²) in [7, 11) is 0. The van der Waals surface area contributed by atoms with Crippen molar-refractivity contribution in [2.24, 2.45) is 0 Å². The second kappa shape index (κ2) is 8.66. The number of rotatable bonds is 8. The highest BCUT2D eigenvalue weighted by Crippen LogP contribution is 2.26. The van der Waals surface area contributed by atoms with E-state index in [1.54, 1.807) is 11.8 Å². The quantitative estimate of drug-likeness (QED) is 0.543. The van der Waals surface area contributed by atoms with Gasteiger partial charge in [0, 0.05) is 10.1 Å². The molecular weight excluding hydrogens is 216 g/mol. The first-order valence-corrected chi connectivity index (χ1v) is 7.07. The van der Waals surface area contributed by atoms with Gasteiger partial charge in [0.1, 0.15) is 0 Å². The third-order valence-electron chi connectivity index (χ3n) is 2.63. The van der Waals surface area contributed by atoms with Crippen molar-refractivity contribution >= 4 is 11.8 Å². The van der Waals surface area contributed by atoms with E-state index in [1.165, 1.54) is 30.6 Å². The molecule has 1 nitrogen and oxygen atoms in total. The maximum Gasteiger partial charge on any atom is 0.0553 e. The second-order valence-electron chi connectivity index (χ2n) is 4.08. The fourth-order valence-corrected chi connectivity index (χ4v) is 2.74. The summed E-state index contributed by atoms with van der Waals surface area (Å²) in [6.45, 7) is 2.51. The molecule has 2 heteroatoms. The Balaban J connectivity index is 2.26. The van der Waals surface area contributed by atoms with Gasteiger partial charge in [0.15, 0.2) is 0 Å². The van der Waals surface area contributed by atoms with Crippen molar-refractivity contribution < 1.29 is 5.11 Å². The monoisotopic (exact) mass is 238 g/mol. The minimum atomic E-state index is 0.283. The second-order valence-corrected chi connectivity index (χ2v) is 5.46. The molecule has 16 heavy (non-hydrogen) atoms. The van der Waals surface area contributed by atoms with Gasteiger partial charge in [0.05, 0.1) is 6.61 Å². The van der Waals surface area contributed by atoms with Gasteiger partial charge in [-0.05, 0) is 18.6 Å². The first kappa shape index (κ1) is 13.6. The van der Waals surface area contributed by atoms with E-state index in [0.29, 0.717) is 5.25 Å². The molecule has 0 saturated heterocycles. The van der Waals surface area contributed by atoms with Crippen molar-refractivity contribution in [2.45, 2.75) is 49.2 Å². The van der Waals surface area contributed by atoms with Crippen molar-refractivity contribution in [1.29, 1.82) is 0 Å². The zero-order chi connectivity index (χ0) is 11.6. The molecule has 0 aliphatic heterocycles. The van der Waals surface area contributed by atoms with Gasteiger partial charge in [-0.3, -0.25) is 0 Å². The topological polar surface area (TPSA) is 20.2 Å². The molecule has 1 aromatic carbocycles. The zero-order valence-corrected chi connectivity index (χ0v) is 10.9. The lowest BCUT2D eigenvalue weighted by molar-refractivity contribution is 0.288. The number of aliphatic hydroxyl groups excluding tert-OH is 1. The fourth-order valence-electron chi connectivity index (χ4n) is 1.68. The molecule has 0 aromatic heterocycles. The summed E-state index contributed by atoms with van der Waals surface area (Å²) in [5.41, 5.74) is 0. The molecule has 0 amide bonds. The van der Waals surface area contributed by atoms with Crippen molar-refractivity contribution in [3.05, 3.63) is 30.3 Å². The lowest BCUT2D eigenvalue weighted by Crippen LogP contribution is -2.07. The first-order valence-electron chi connectivity index (χ1n) is 6.19. The summed E-state index contributed by atoms with van der Waals surface area (Å²) in [6, 6.07) is 10.3. The van der Waals surface area contributed by atoms with Crippen LogP contribution in [0.15, 0.2) is 35.2 Å². The van der Waals surface area contributed by atoms with E-state index >= 15 is 0 Å². The molecule has 1 aromatic rings. The number of hydrogen-bond donors (Lipinski definition) is 1. The van der Waals surface area contributed by atoms with Crippen LogP contribution in [0.1, 0.15) is 39.0 Å². The average molecular weight is 238 g/mol. The molecule has 0 bridgehead atoms. The molecule has 1 rings (SSSR count). The summed E-state index contributed by atoms with van der Waals surface area (Å²) < 4.78 is 0. The predicted molar refractivity (Wildman–Crippen MR) is 71.9 cm³/mol. The van der Waals surface area contributed by atoms with Gasteiger partial charge in [-0.1, -0.05) is 50.8 Å². The van der Waals surface area contributed by atoms with Crippen LogP contribution in [0, 0.1) is 0 Å². The van der Waals surface area contributed by atoms with E-state index < -0.39 is 0 Å². The normalized spacial score (nSPS) is 12.6. The molecule has 0 aliphatic carbocycles. The Morgan fingerprint density at radius 3 is 2.50 bits per heavy atom. The van der Waals surface area contributed by atoms with Crippen LogP contribution in [-0.4, -0.2) is 17.0 Å². The number of aliphatic hydroxyl groups is 1. The summed E-state index contributed by atoms with van der Waals surface area (Å²) in [5.74, 6) is 0. The van der Waals surface area contributed by atoms with Gasteiger partial charge < -0.3 is 5.11 Å². The van der Waals surface area contributed by atoms with E-state index in [9.17, 15) is 5.11 Å². The van der Waals surface area contributed by atoms with Crippen LogP contribution in [0.2, 0.25) is 0 Å². The predicted octanol–water partition coefficient (Wildman–Crippen LogP) is 4.11. The van der Waals surface area contributed by atoms with Crippen LogP contribution in [0.25, 0.3) is 0 Å². The van der Waals surface area contributed by atoms with Crippen LogP contribution in [-0.2, 0) is 0 Å². The van der Waals surface area contributed by atoms with E-state index in [1.807, 2.05) is 18.2 Å². The van der Waals surface area contributed by atoms with Gasteiger partial charge in [0.25, 0.3) is 0 Å². The van der Waals surface area contributed by atoms with Crippen LogP contribution >= 0.6 is 11.8 Å². The Morgan fingerprint density at radius 1 is 1.12 bits per heavy atom. The van der Waals surface area contributed by atoms with Gasteiger partial charge in [-0.15, -0.1) is 11.8 Å². The minimum Gasteiger partial charge on any atom is -0.395 e. The molecule has 90 valence electrons. The van der Waals surface area contributed by atoms with E-state index in [2.05, 4.69) is 19.1 Å². The Hall–Kier alpha value is -0.470. The molecule has 0 saturated carbocycles. The number of hydrogen-bond acceptors (Lipinski definition) is 2. The highest BCUT2D eigenvalue weighted by atomic mass is 32.2. The van der Waals surface area contributed by atoms with Crippen LogP contribution in [0.4, 0.5) is 0 Å². The number of unbranched alkanes of at least 4 members (excludes halogenated alkanes) is 3. The molecule has 0 heterocycles. The Morgan fingerprint density at radius 2 is 1.88 bits per heavy atom. The highest BCUT2D eigenvalue weighted by Gasteiger charge is 2.08. The third-order valence-corrected chi connectivity index (χ3v) is 3.89. The highest BCUT2D eigenvalue weighted by molar-refractivity contribution is 8.00. The summed E-state index contributed by atoms with van der Waals surface area (Å²) >= 11 is 1.80. The van der Waals surface area contributed by atoms with Crippen molar-refractivity contribution in [3.8, 4) is 0 Å². The Kier molecular flexibility index (Phi) is 7.35. The average Bonchev–Trinajstić information content (AvgIpc) is 2.34.